The highest BCUT2D eigenvalue weighted by atomic mass is 16.2. The standard InChI is InChI=1S/C19H31N5O5/c1-11(16(26)20-4)22-17(27)14-7-5-9-23(14)19(29)15-8-6-10-24(15)18(28)12(2)21-13(3)25/h11-12,14-15H,5-10H2,1-4H3,(H,20,26)(H,21,25)(H,22,27)/t11-,12-,14+,15+/m0/s1. The first-order valence-electron chi connectivity index (χ1n) is 10.1. The third kappa shape index (κ3) is 5.24. The first kappa shape index (κ1) is 22.6. The van der Waals surface area contributed by atoms with Crippen molar-refractivity contribution in [2.75, 3.05) is 20.1 Å². The van der Waals surface area contributed by atoms with Crippen molar-refractivity contribution < 1.29 is 24.0 Å². The fraction of sp³-hybridized carbons (Fsp3) is 0.737. The van der Waals surface area contributed by atoms with Crippen LogP contribution in [0.2, 0.25) is 0 Å². The van der Waals surface area contributed by atoms with Gasteiger partial charge in [-0.05, 0) is 39.5 Å². The molecule has 2 saturated heterocycles. The second kappa shape index (κ2) is 9.71. The second-order valence-electron chi connectivity index (χ2n) is 7.65. The molecular weight excluding hydrogens is 378 g/mol. The summed E-state index contributed by atoms with van der Waals surface area (Å²) < 4.78 is 0. The van der Waals surface area contributed by atoms with E-state index >= 15 is 0 Å². The number of amides is 5. The quantitative estimate of drug-likeness (QED) is 0.505. The molecule has 10 nitrogen and oxygen atoms in total. The summed E-state index contributed by atoms with van der Waals surface area (Å²) in [5.41, 5.74) is 0. The highest BCUT2D eigenvalue weighted by molar-refractivity contribution is 5.95. The molecule has 0 radical (unpaired) electrons. The molecule has 0 unspecified atom stereocenters. The molecule has 162 valence electrons. The lowest BCUT2D eigenvalue weighted by molar-refractivity contribution is -0.147. The van der Waals surface area contributed by atoms with Gasteiger partial charge in [-0.25, -0.2) is 0 Å². The average Bonchev–Trinajstić information content (AvgIpc) is 3.34. The number of nitrogens with one attached hydrogen (secondary N) is 3. The summed E-state index contributed by atoms with van der Waals surface area (Å²) >= 11 is 0. The Bertz CT molecular complexity index is 682. The normalized spacial score (nSPS) is 23.3. The molecule has 0 aromatic heterocycles. The number of hydrogen-bond acceptors (Lipinski definition) is 5. The fourth-order valence-electron chi connectivity index (χ4n) is 3.99. The molecule has 2 heterocycles. The molecule has 5 amide bonds. The molecular formula is C19H31N5O5. The van der Waals surface area contributed by atoms with Gasteiger partial charge in [0, 0.05) is 27.1 Å². The third-order valence-corrected chi connectivity index (χ3v) is 5.45. The Kier molecular flexibility index (Phi) is 7.58. The Morgan fingerprint density at radius 1 is 0.862 bits per heavy atom. The number of hydrogen-bond donors (Lipinski definition) is 3. The van der Waals surface area contributed by atoms with E-state index in [1.54, 1.807) is 13.8 Å². The van der Waals surface area contributed by atoms with Crippen LogP contribution in [0.25, 0.3) is 0 Å². The van der Waals surface area contributed by atoms with Crippen LogP contribution in [0.1, 0.15) is 46.5 Å². The molecule has 0 bridgehead atoms. The average molecular weight is 409 g/mol. The Morgan fingerprint density at radius 2 is 1.45 bits per heavy atom. The van der Waals surface area contributed by atoms with E-state index in [0.29, 0.717) is 38.8 Å². The van der Waals surface area contributed by atoms with E-state index in [2.05, 4.69) is 16.0 Å². The lowest BCUT2D eigenvalue weighted by Crippen LogP contribution is -2.56. The van der Waals surface area contributed by atoms with Gasteiger partial charge in [0.15, 0.2) is 0 Å². The molecule has 2 aliphatic heterocycles. The Labute approximate surface area is 170 Å². The molecule has 2 rings (SSSR count). The monoisotopic (exact) mass is 409 g/mol. The predicted octanol–water partition coefficient (Wildman–Crippen LogP) is -1.26. The van der Waals surface area contributed by atoms with Crippen LogP contribution >= 0.6 is 0 Å². The SMILES string of the molecule is CNC(=O)[C@H](C)NC(=O)[C@H]1CCCN1C(=O)[C@H]1CCCN1C(=O)[C@H](C)NC(C)=O. The Morgan fingerprint density at radius 3 is 2.03 bits per heavy atom. The summed E-state index contributed by atoms with van der Waals surface area (Å²) in [6.07, 6.45) is 2.41. The molecule has 4 atom stereocenters. The van der Waals surface area contributed by atoms with Gasteiger partial charge in [0.2, 0.25) is 29.5 Å². The lowest BCUT2D eigenvalue weighted by atomic mass is 10.1. The highest BCUT2D eigenvalue weighted by Crippen LogP contribution is 2.25. The number of rotatable bonds is 6. The maximum atomic E-state index is 13.2. The van der Waals surface area contributed by atoms with Crippen molar-refractivity contribution in [2.45, 2.75) is 70.6 Å². The van der Waals surface area contributed by atoms with E-state index < -0.39 is 24.2 Å². The molecule has 0 aliphatic carbocycles. The molecule has 2 fully saturated rings. The lowest BCUT2D eigenvalue weighted by Gasteiger charge is -2.32. The van der Waals surface area contributed by atoms with Gasteiger partial charge in [-0.15, -0.1) is 0 Å². The van der Waals surface area contributed by atoms with Crippen LogP contribution in [0.15, 0.2) is 0 Å². The summed E-state index contributed by atoms with van der Waals surface area (Å²) in [6.45, 7) is 5.39. The highest BCUT2D eigenvalue weighted by Gasteiger charge is 2.43. The van der Waals surface area contributed by atoms with Crippen LogP contribution in [0, 0.1) is 0 Å². The number of nitrogens with zero attached hydrogens (tertiary/aromatic N) is 2. The minimum atomic E-state index is -0.716. The van der Waals surface area contributed by atoms with Gasteiger partial charge in [0.1, 0.15) is 24.2 Å². The van der Waals surface area contributed by atoms with E-state index in [9.17, 15) is 24.0 Å². The van der Waals surface area contributed by atoms with Crippen LogP contribution < -0.4 is 16.0 Å². The summed E-state index contributed by atoms with van der Waals surface area (Å²) in [5.74, 6) is -1.54. The zero-order valence-corrected chi connectivity index (χ0v) is 17.5. The van der Waals surface area contributed by atoms with Crippen LogP contribution in [-0.2, 0) is 24.0 Å². The van der Waals surface area contributed by atoms with Crippen LogP contribution in [0.5, 0.6) is 0 Å². The van der Waals surface area contributed by atoms with Crippen LogP contribution in [0.3, 0.4) is 0 Å². The first-order chi connectivity index (χ1) is 13.7. The van der Waals surface area contributed by atoms with Crippen molar-refractivity contribution in [1.29, 1.82) is 0 Å². The number of likely N-dealkylation sites (N-methyl/N-ethyl adjacent to an activating group) is 1. The molecule has 0 aromatic carbocycles. The summed E-state index contributed by atoms with van der Waals surface area (Å²) in [7, 11) is 1.49. The van der Waals surface area contributed by atoms with E-state index in [4.69, 9.17) is 0 Å². The Hall–Kier alpha value is -2.65. The number of carbonyl (C=O) groups is 5. The van der Waals surface area contributed by atoms with Gasteiger partial charge < -0.3 is 25.8 Å². The number of likely N-dealkylation sites (tertiary alicyclic amines) is 2. The summed E-state index contributed by atoms with van der Waals surface area (Å²) in [5, 5.41) is 7.68. The van der Waals surface area contributed by atoms with E-state index in [-0.39, 0.29) is 29.5 Å². The van der Waals surface area contributed by atoms with Gasteiger partial charge in [-0.3, -0.25) is 24.0 Å². The van der Waals surface area contributed by atoms with Crippen molar-refractivity contribution in [2.24, 2.45) is 0 Å². The van der Waals surface area contributed by atoms with Gasteiger partial charge in [0.25, 0.3) is 0 Å². The van der Waals surface area contributed by atoms with Crippen molar-refractivity contribution in [3.8, 4) is 0 Å². The molecule has 0 spiro atoms. The molecule has 29 heavy (non-hydrogen) atoms. The molecule has 10 heteroatoms. The molecule has 2 aliphatic rings. The van der Waals surface area contributed by atoms with Crippen molar-refractivity contribution in [1.82, 2.24) is 25.8 Å². The van der Waals surface area contributed by atoms with Gasteiger partial charge in [-0.2, -0.15) is 0 Å². The summed E-state index contributed by atoms with van der Waals surface area (Å²) in [6, 6.07) is -2.71. The topological polar surface area (TPSA) is 128 Å². The van der Waals surface area contributed by atoms with Gasteiger partial charge in [0.05, 0.1) is 0 Å². The fourth-order valence-corrected chi connectivity index (χ4v) is 3.99. The molecule has 0 saturated carbocycles. The number of carbonyl (C=O) groups excluding carboxylic acids is 5. The molecule has 0 aromatic rings. The zero-order chi connectivity index (χ0) is 21.7. The minimum Gasteiger partial charge on any atom is -0.357 e. The summed E-state index contributed by atoms with van der Waals surface area (Å²) in [4.78, 5) is 64.4. The van der Waals surface area contributed by atoms with Crippen LogP contribution in [-0.4, -0.2) is 83.6 Å². The smallest absolute Gasteiger partial charge is 0.246 e. The van der Waals surface area contributed by atoms with E-state index in [0.717, 1.165) is 0 Å². The second-order valence-corrected chi connectivity index (χ2v) is 7.65. The van der Waals surface area contributed by atoms with E-state index in [1.165, 1.54) is 23.8 Å². The van der Waals surface area contributed by atoms with E-state index in [1.807, 2.05) is 0 Å². The first-order valence-corrected chi connectivity index (χ1v) is 10.1. The largest absolute Gasteiger partial charge is 0.357 e. The zero-order valence-electron chi connectivity index (χ0n) is 17.5. The maximum absolute atomic E-state index is 13.2. The Balaban J connectivity index is 2.07. The van der Waals surface area contributed by atoms with Crippen molar-refractivity contribution >= 4 is 29.5 Å². The van der Waals surface area contributed by atoms with Crippen molar-refractivity contribution in [3.05, 3.63) is 0 Å². The minimum absolute atomic E-state index is 0.254. The van der Waals surface area contributed by atoms with Gasteiger partial charge in [-0.1, -0.05) is 0 Å². The third-order valence-electron chi connectivity index (χ3n) is 5.45. The van der Waals surface area contributed by atoms with Crippen molar-refractivity contribution in [3.63, 3.8) is 0 Å². The molecule has 3 N–H and O–H groups in total. The maximum Gasteiger partial charge on any atom is 0.246 e. The van der Waals surface area contributed by atoms with Crippen LogP contribution in [0.4, 0.5) is 0 Å². The van der Waals surface area contributed by atoms with Gasteiger partial charge >= 0.3 is 0 Å². The predicted molar refractivity (Wildman–Crippen MR) is 104 cm³/mol.